The van der Waals surface area contributed by atoms with Gasteiger partial charge in [-0.1, -0.05) is 0 Å². The first-order valence-corrected chi connectivity index (χ1v) is 6.75. The lowest BCUT2D eigenvalue weighted by molar-refractivity contribution is -0.0212. The van der Waals surface area contributed by atoms with Crippen molar-refractivity contribution in [3.05, 3.63) is 23.5 Å². The Balaban J connectivity index is 1.83. The minimum absolute atomic E-state index is 0.325. The fourth-order valence-electron chi connectivity index (χ4n) is 2.73. The summed E-state index contributed by atoms with van der Waals surface area (Å²) in [5.74, 6) is 0. The lowest BCUT2D eigenvalue weighted by atomic mass is 10.2. The third-order valence-corrected chi connectivity index (χ3v) is 3.65. The molecule has 2 aromatic rings. The van der Waals surface area contributed by atoms with Crippen LogP contribution in [0.4, 0.5) is 0 Å². The van der Waals surface area contributed by atoms with E-state index in [0.29, 0.717) is 6.10 Å². The van der Waals surface area contributed by atoms with Crippen LogP contribution in [-0.2, 0) is 18.3 Å². The van der Waals surface area contributed by atoms with Gasteiger partial charge in [-0.25, -0.2) is 4.98 Å². The Morgan fingerprint density at radius 2 is 2.32 bits per heavy atom. The zero-order chi connectivity index (χ0) is 13.4. The van der Waals surface area contributed by atoms with Gasteiger partial charge in [0.15, 0.2) is 5.65 Å². The Kier molecular flexibility index (Phi) is 3.24. The fourth-order valence-corrected chi connectivity index (χ4v) is 2.73. The van der Waals surface area contributed by atoms with Crippen molar-refractivity contribution in [3.8, 4) is 0 Å². The molecular formula is C14H20N4O. The molecule has 19 heavy (non-hydrogen) atoms. The topological polar surface area (TPSA) is 43.2 Å². The first-order valence-electron chi connectivity index (χ1n) is 6.75. The van der Waals surface area contributed by atoms with Gasteiger partial charge in [0.25, 0.3) is 0 Å². The molecule has 0 radical (unpaired) electrons. The second-order valence-corrected chi connectivity index (χ2v) is 5.34. The van der Waals surface area contributed by atoms with E-state index in [1.807, 2.05) is 24.9 Å². The number of nitrogens with zero attached hydrogens (tertiary/aromatic N) is 4. The molecule has 1 unspecified atom stereocenters. The van der Waals surface area contributed by atoms with Crippen molar-refractivity contribution in [1.29, 1.82) is 0 Å². The largest absolute Gasteiger partial charge is 0.376 e. The SMILES string of the molecule is Cc1nn(C)c2ncc(CN3CCOC(C)C3)cc12. The number of hydrogen-bond acceptors (Lipinski definition) is 4. The van der Waals surface area contributed by atoms with Gasteiger partial charge >= 0.3 is 0 Å². The van der Waals surface area contributed by atoms with Gasteiger partial charge in [0.2, 0.25) is 0 Å². The highest BCUT2D eigenvalue weighted by Crippen LogP contribution is 2.18. The number of hydrogen-bond donors (Lipinski definition) is 0. The molecule has 3 rings (SSSR count). The van der Waals surface area contributed by atoms with E-state index in [2.05, 4.69) is 28.0 Å². The van der Waals surface area contributed by atoms with Gasteiger partial charge in [-0.15, -0.1) is 0 Å². The fraction of sp³-hybridized carbons (Fsp3) is 0.571. The van der Waals surface area contributed by atoms with Crippen LogP contribution in [0.25, 0.3) is 11.0 Å². The van der Waals surface area contributed by atoms with Crippen molar-refractivity contribution in [2.75, 3.05) is 19.7 Å². The van der Waals surface area contributed by atoms with Crippen LogP contribution in [0.5, 0.6) is 0 Å². The second kappa shape index (κ2) is 4.90. The molecule has 0 amide bonds. The maximum Gasteiger partial charge on any atom is 0.157 e. The van der Waals surface area contributed by atoms with Gasteiger partial charge in [-0.2, -0.15) is 5.10 Å². The van der Waals surface area contributed by atoms with Crippen molar-refractivity contribution in [1.82, 2.24) is 19.7 Å². The summed E-state index contributed by atoms with van der Waals surface area (Å²) in [6, 6.07) is 2.21. The molecule has 1 atom stereocenters. The van der Waals surface area contributed by atoms with Gasteiger partial charge in [0.05, 0.1) is 18.4 Å². The summed E-state index contributed by atoms with van der Waals surface area (Å²) >= 11 is 0. The molecule has 5 heteroatoms. The van der Waals surface area contributed by atoms with E-state index in [0.717, 1.165) is 43.0 Å². The molecule has 0 bridgehead atoms. The maximum absolute atomic E-state index is 5.57. The van der Waals surface area contributed by atoms with Crippen LogP contribution in [0.15, 0.2) is 12.3 Å². The highest BCUT2D eigenvalue weighted by Gasteiger charge is 2.17. The standard InChI is InChI=1S/C14H20N4O/c1-10-8-18(4-5-19-10)9-12-6-13-11(2)16-17(3)14(13)15-7-12/h6-7,10H,4-5,8-9H2,1-3H3. The van der Waals surface area contributed by atoms with Crippen LogP contribution in [0.3, 0.4) is 0 Å². The zero-order valence-corrected chi connectivity index (χ0v) is 11.8. The number of rotatable bonds is 2. The van der Waals surface area contributed by atoms with Crippen LogP contribution < -0.4 is 0 Å². The molecule has 1 saturated heterocycles. The van der Waals surface area contributed by atoms with Crippen LogP contribution in [-0.4, -0.2) is 45.5 Å². The molecule has 1 aliphatic rings. The van der Waals surface area contributed by atoms with E-state index in [1.54, 1.807) is 0 Å². The highest BCUT2D eigenvalue weighted by molar-refractivity contribution is 5.78. The van der Waals surface area contributed by atoms with E-state index >= 15 is 0 Å². The minimum Gasteiger partial charge on any atom is -0.376 e. The summed E-state index contributed by atoms with van der Waals surface area (Å²) in [7, 11) is 1.94. The average molecular weight is 260 g/mol. The number of aryl methyl sites for hydroxylation is 2. The molecule has 5 nitrogen and oxygen atoms in total. The van der Waals surface area contributed by atoms with Crippen LogP contribution in [0.2, 0.25) is 0 Å². The first kappa shape index (κ1) is 12.6. The van der Waals surface area contributed by atoms with E-state index in [-0.39, 0.29) is 0 Å². The molecular weight excluding hydrogens is 240 g/mol. The number of aromatic nitrogens is 3. The summed E-state index contributed by atoms with van der Waals surface area (Å²) in [6.07, 6.45) is 2.29. The van der Waals surface area contributed by atoms with Crippen molar-refractivity contribution in [2.24, 2.45) is 7.05 Å². The van der Waals surface area contributed by atoms with Crippen molar-refractivity contribution in [3.63, 3.8) is 0 Å². The summed E-state index contributed by atoms with van der Waals surface area (Å²) < 4.78 is 7.41. The van der Waals surface area contributed by atoms with Crippen molar-refractivity contribution in [2.45, 2.75) is 26.5 Å². The molecule has 0 N–H and O–H groups in total. The number of ether oxygens (including phenoxy) is 1. The van der Waals surface area contributed by atoms with E-state index in [9.17, 15) is 0 Å². The zero-order valence-electron chi connectivity index (χ0n) is 11.8. The van der Waals surface area contributed by atoms with Crippen LogP contribution in [0, 0.1) is 6.92 Å². The van der Waals surface area contributed by atoms with Crippen molar-refractivity contribution >= 4 is 11.0 Å². The molecule has 3 heterocycles. The third-order valence-electron chi connectivity index (χ3n) is 3.65. The Hall–Kier alpha value is -1.46. The summed E-state index contributed by atoms with van der Waals surface area (Å²) in [5, 5.41) is 5.56. The second-order valence-electron chi connectivity index (χ2n) is 5.34. The molecule has 2 aromatic heterocycles. The predicted octanol–water partition coefficient (Wildman–Crippen LogP) is 1.50. The summed E-state index contributed by atoms with van der Waals surface area (Å²) in [4.78, 5) is 6.95. The Morgan fingerprint density at radius 1 is 1.47 bits per heavy atom. The molecule has 0 aliphatic carbocycles. The first-order chi connectivity index (χ1) is 9.13. The molecule has 0 spiro atoms. The van der Waals surface area contributed by atoms with Crippen LogP contribution >= 0.6 is 0 Å². The monoisotopic (exact) mass is 260 g/mol. The smallest absolute Gasteiger partial charge is 0.157 e. The van der Waals surface area contributed by atoms with E-state index in [4.69, 9.17) is 4.74 Å². The average Bonchev–Trinajstić information content (AvgIpc) is 2.65. The van der Waals surface area contributed by atoms with Gasteiger partial charge in [-0.3, -0.25) is 9.58 Å². The van der Waals surface area contributed by atoms with Gasteiger partial charge < -0.3 is 4.74 Å². The lowest BCUT2D eigenvalue weighted by Gasteiger charge is -2.30. The minimum atomic E-state index is 0.325. The van der Waals surface area contributed by atoms with E-state index < -0.39 is 0 Å². The number of pyridine rings is 1. The quantitative estimate of drug-likeness (QED) is 0.820. The van der Waals surface area contributed by atoms with Gasteiger partial charge in [-0.05, 0) is 25.5 Å². The molecule has 0 saturated carbocycles. The normalized spacial score (nSPS) is 21.1. The third kappa shape index (κ3) is 2.48. The van der Waals surface area contributed by atoms with Crippen LogP contribution in [0.1, 0.15) is 18.2 Å². The lowest BCUT2D eigenvalue weighted by Crippen LogP contribution is -2.40. The van der Waals surface area contributed by atoms with Gasteiger partial charge in [0.1, 0.15) is 0 Å². The predicted molar refractivity (Wildman–Crippen MR) is 73.9 cm³/mol. The molecule has 0 aromatic carbocycles. The molecule has 102 valence electrons. The molecule has 1 fully saturated rings. The van der Waals surface area contributed by atoms with E-state index in [1.165, 1.54) is 5.56 Å². The number of fused-ring (bicyclic) bond motifs is 1. The number of morpholine rings is 1. The summed E-state index contributed by atoms with van der Waals surface area (Å²) in [6.45, 7) is 7.90. The highest BCUT2D eigenvalue weighted by atomic mass is 16.5. The Morgan fingerprint density at radius 3 is 3.11 bits per heavy atom. The van der Waals surface area contributed by atoms with Crippen molar-refractivity contribution < 1.29 is 4.74 Å². The Labute approximate surface area is 113 Å². The molecule has 1 aliphatic heterocycles. The summed E-state index contributed by atoms with van der Waals surface area (Å²) in [5.41, 5.74) is 3.25. The Bertz CT molecular complexity index is 592. The maximum atomic E-state index is 5.57. The van der Waals surface area contributed by atoms with Gasteiger partial charge in [0, 0.05) is 38.3 Å².